The Balaban J connectivity index is 1.86. The largest absolute Gasteiger partial charge is 0.505 e. The van der Waals surface area contributed by atoms with Crippen LogP contribution in [0.1, 0.15) is 18.4 Å². The van der Waals surface area contributed by atoms with Gasteiger partial charge in [0.1, 0.15) is 0 Å². The average Bonchev–Trinajstić information content (AvgIpc) is 2.41. The van der Waals surface area contributed by atoms with E-state index in [1.165, 1.54) is 12.1 Å². The first-order valence-electron chi connectivity index (χ1n) is 6.12. The van der Waals surface area contributed by atoms with Gasteiger partial charge >= 0.3 is 0 Å². The van der Waals surface area contributed by atoms with E-state index in [-0.39, 0.29) is 17.6 Å². The smallest absolute Gasteiger partial charge is 0.223 e. The summed E-state index contributed by atoms with van der Waals surface area (Å²) in [6.45, 7) is 2.03. The lowest BCUT2D eigenvalue weighted by Gasteiger charge is -2.21. The van der Waals surface area contributed by atoms with Gasteiger partial charge in [-0.25, -0.2) is 4.39 Å². The first-order valence-corrected chi connectivity index (χ1v) is 6.12. The van der Waals surface area contributed by atoms with Crippen molar-refractivity contribution in [1.82, 2.24) is 10.6 Å². The summed E-state index contributed by atoms with van der Waals surface area (Å²) in [5.74, 6) is -0.967. The molecule has 1 aliphatic rings. The fourth-order valence-electron chi connectivity index (χ4n) is 2.08. The normalized spacial score (nSPS) is 16.5. The van der Waals surface area contributed by atoms with Crippen molar-refractivity contribution < 1.29 is 14.3 Å². The number of piperidine rings is 1. The van der Waals surface area contributed by atoms with Crippen LogP contribution < -0.4 is 10.6 Å². The van der Waals surface area contributed by atoms with Gasteiger partial charge in [-0.15, -0.1) is 0 Å². The Morgan fingerprint density at radius 2 is 2.17 bits per heavy atom. The van der Waals surface area contributed by atoms with Crippen LogP contribution in [0.25, 0.3) is 0 Å². The molecule has 3 N–H and O–H groups in total. The highest BCUT2D eigenvalue weighted by molar-refractivity contribution is 5.78. The van der Waals surface area contributed by atoms with Crippen LogP contribution in [-0.4, -0.2) is 24.1 Å². The molecule has 2 rings (SSSR count). The van der Waals surface area contributed by atoms with E-state index in [0.29, 0.717) is 12.1 Å². The Labute approximate surface area is 105 Å². The number of carbonyl (C=O) groups is 1. The highest BCUT2D eigenvalue weighted by Crippen LogP contribution is 2.16. The highest BCUT2D eigenvalue weighted by atomic mass is 19.1. The van der Waals surface area contributed by atoms with Crippen molar-refractivity contribution in [1.29, 1.82) is 0 Å². The molecule has 0 aromatic heterocycles. The summed E-state index contributed by atoms with van der Waals surface area (Å²) >= 11 is 0. The topological polar surface area (TPSA) is 61.4 Å². The zero-order valence-electron chi connectivity index (χ0n) is 10.1. The zero-order valence-corrected chi connectivity index (χ0v) is 10.1. The second-order valence-corrected chi connectivity index (χ2v) is 4.53. The van der Waals surface area contributed by atoms with Gasteiger partial charge in [0.25, 0.3) is 0 Å². The number of benzene rings is 1. The zero-order chi connectivity index (χ0) is 13.0. The van der Waals surface area contributed by atoms with Crippen molar-refractivity contribution in [2.45, 2.75) is 19.4 Å². The molecule has 98 valence electrons. The Morgan fingerprint density at radius 1 is 1.44 bits per heavy atom. The van der Waals surface area contributed by atoms with E-state index in [9.17, 15) is 9.18 Å². The van der Waals surface area contributed by atoms with Crippen molar-refractivity contribution in [3.05, 3.63) is 29.6 Å². The maximum absolute atomic E-state index is 13.1. The fourth-order valence-corrected chi connectivity index (χ4v) is 2.08. The monoisotopic (exact) mass is 252 g/mol. The van der Waals surface area contributed by atoms with E-state index in [0.717, 1.165) is 25.9 Å². The molecule has 0 spiro atoms. The molecule has 1 aromatic rings. The van der Waals surface area contributed by atoms with E-state index < -0.39 is 5.82 Å². The maximum atomic E-state index is 13.1. The predicted octanol–water partition coefficient (Wildman–Crippen LogP) is 1.15. The molecule has 18 heavy (non-hydrogen) atoms. The van der Waals surface area contributed by atoms with Gasteiger partial charge < -0.3 is 15.7 Å². The molecule has 1 aromatic carbocycles. The minimum Gasteiger partial charge on any atom is -0.505 e. The number of rotatable bonds is 3. The summed E-state index contributed by atoms with van der Waals surface area (Å²) in [4.78, 5) is 11.8. The van der Waals surface area contributed by atoms with Gasteiger partial charge in [-0.05, 0) is 43.6 Å². The maximum Gasteiger partial charge on any atom is 0.223 e. The second-order valence-electron chi connectivity index (χ2n) is 4.53. The molecule has 1 amide bonds. The number of hydrogen-bond acceptors (Lipinski definition) is 3. The number of phenolic OH excluding ortho intramolecular Hbond substituents is 1. The molecule has 0 radical (unpaired) electrons. The van der Waals surface area contributed by atoms with Gasteiger partial charge in [0, 0.05) is 12.5 Å². The average molecular weight is 252 g/mol. The van der Waals surface area contributed by atoms with Crippen LogP contribution in [0.2, 0.25) is 0 Å². The first-order chi connectivity index (χ1) is 8.66. The van der Waals surface area contributed by atoms with Crippen LogP contribution in [0.4, 0.5) is 4.39 Å². The molecule has 1 fully saturated rings. The number of phenols is 1. The number of nitrogens with one attached hydrogen (secondary N) is 2. The van der Waals surface area contributed by atoms with Gasteiger partial charge in [0.15, 0.2) is 11.6 Å². The van der Waals surface area contributed by atoms with Crippen LogP contribution >= 0.6 is 0 Å². The molecule has 0 atom stereocenters. The van der Waals surface area contributed by atoms with Gasteiger partial charge in [-0.2, -0.15) is 0 Å². The molecule has 0 saturated carbocycles. The van der Waals surface area contributed by atoms with Crippen molar-refractivity contribution in [3.63, 3.8) is 0 Å². The molecule has 1 saturated heterocycles. The predicted molar refractivity (Wildman–Crippen MR) is 65.5 cm³/mol. The molecule has 0 aliphatic carbocycles. The molecule has 0 unspecified atom stereocenters. The number of amides is 1. The Kier molecular flexibility index (Phi) is 4.15. The van der Waals surface area contributed by atoms with Crippen LogP contribution in [0.15, 0.2) is 18.2 Å². The van der Waals surface area contributed by atoms with Crippen molar-refractivity contribution in [2.75, 3.05) is 13.1 Å². The van der Waals surface area contributed by atoms with Gasteiger partial charge in [0.2, 0.25) is 5.91 Å². The van der Waals surface area contributed by atoms with E-state index in [1.54, 1.807) is 6.07 Å². The fraction of sp³-hybridized carbons (Fsp3) is 0.462. The SMILES string of the molecule is O=C(NCc1ccc(O)c(F)c1)C1CCNCC1. The highest BCUT2D eigenvalue weighted by Gasteiger charge is 2.20. The van der Waals surface area contributed by atoms with E-state index >= 15 is 0 Å². The third-order valence-electron chi connectivity index (χ3n) is 3.19. The first kappa shape index (κ1) is 12.8. The Hall–Kier alpha value is -1.62. The van der Waals surface area contributed by atoms with Gasteiger partial charge in [-0.1, -0.05) is 6.07 Å². The van der Waals surface area contributed by atoms with Crippen LogP contribution in [-0.2, 0) is 11.3 Å². The number of carbonyl (C=O) groups excluding carboxylic acids is 1. The quantitative estimate of drug-likeness (QED) is 0.756. The molecular formula is C13H17FN2O2. The molecular weight excluding hydrogens is 235 g/mol. The molecule has 1 aliphatic heterocycles. The lowest BCUT2D eigenvalue weighted by Crippen LogP contribution is -2.37. The summed E-state index contributed by atoms with van der Waals surface area (Å²) in [6.07, 6.45) is 1.69. The molecule has 5 heteroatoms. The summed E-state index contributed by atoms with van der Waals surface area (Å²) in [5, 5.41) is 15.1. The number of halogens is 1. The Morgan fingerprint density at radius 3 is 2.83 bits per heavy atom. The van der Waals surface area contributed by atoms with Crippen LogP contribution in [0.5, 0.6) is 5.75 Å². The van der Waals surface area contributed by atoms with Crippen molar-refractivity contribution >= 4 is 5.91 Å². The number of aromatic hydroxyl groups is 1. The van der Waals surface area contributed by atoms with Crippen LogP contribution in [0, 0.1) is 11.7 Å². The Bertz CT molecular complexity index is 431. The van der Waals surface area contributed by atoms with Gasteiger partial charge in [-0.3, -0.25) is 4.79 Å². The second kappa shape index (κ2) is 5.82. The van der Waals surface area contributed by atoms with Crippen molar-refractivity contribution in [3.8, 4) is 5.75 Å². The molecule has 4 nitrogen and oxygen atoms in total. The third-order valence-corrected chi connectivity index (χ3v) is 3.19. The summed E-state index contributed by atoms with van der Waals surface area (Å²) in [7, 11) is 0. The molecule has 0 bridgehead atoms. The van der Waals surface area contributed by atoms with E-state index in [4.69, 9.17) is 5.11 Å². The number of hydrogen-bond donors (Lipinski definition) is 3. The van der Waals surface area contributed by atoms with Gasteiger partial charge in [0.05, 0.1) is 0 Å². The lowest BCUT2D eigenvalue weighted by atomic mass is 9.97. The summed E-state index contributed by atoms with van der Waals surface area (Å²) in [6, 6.07) is 4.13. The lowest BCUT2D eigenvalue weighted by molar-refractivity contribution is -0.125. The summed E-state index contributed by atoms with van der Waals surface area (Å²) < 4.78 is 13.1. The minimum absolute atomic E-state index is 0.0185. The third kappa shape index (κ3) is 3.20. The van der Waals surface area contributed by atoms with Crippen LogP contribution in [0.3, 0.4) is 0 Å². The minimum atomic E-state index is -0.663. The molecule has 1 heterocycles. The van der Waals surface area contributed by atoms with Crippen molar-refractivity contribution in [2.24, 2.45) is 5.92 Å². The summed E-state index contributed by atoms with van der Waals surface area (Å²) in [5.41, 5.74) is 0.646. The standard InChI is InChI=1S/C13H17FN2O2/c14-11-7-9(1-2-12(11)17)8-16-13(18)10-3-5-15-6-4-10/h1-2,7,10,15,17H,3-6,8H2,(H,16,18). The van der Waals surface area contributed by atoms with E-state index in [2.05, 4.69) is 10.6 Å². The van der Waals surface area contributed by atoms with E-state index in [1.807, 2.05) is 0 Å².